The van der Waals surface area contributed by atoms with Crippen molar-refractivity contribution in [3.8, 4) is 0 Å². The van der Waals surface area contributed by atoms with Crippen LogP contribution in [0, 0.1) is 5.41 Å². The lowest BCUT2D eigenvalue weighted by molar-refractivity contribution is -0.231. The monoisotopic (exact) mass is 248 g/mol. The summed E-state index contributed by atoms with van der Waals surface area (Å²) in [5.74, 6) is 0. The highest BCUT2D eigenvalue weighted by molar-refractivity contribution is 4.92. The lowest BCUT2D eigenvalue weighted by Gasteiger charge is -2.40. The molecule has 1 unspecified atom stereocenters. The SMILES string of the molecule is CC(C)(C)CCC1O[C@H](CO)[C@@H](O)[C@H](O)[C@H]1O. The Morgan fingerprint density at radius 3 is 1.94 bits per heavy atom. The first-order chi connectivity index (χ1) is 7.76. The lowest BCUT2D eigenvalue weighted by atomic mass is 9.85. The van der Waals surface area contributed by atoms with Gasteiger partial charge in [0.2, 0.25) is 0 Å². The van der Waals surface area contributed by atoms with Crippen LogP contribution in [0.2, 0.25) is 0 Å². The molecule has 0 amide bonds. The van der Waals surface area contributed by atoms with Gasteiger partial charge in [-0.2, -0.15) is 0 Å². The van der Waals surface area contributed by atoms with Crippen molar-refractivity contribution >= 4 is 0 Å². The third kappa shape index (κ3) is 3.89. The van der Waals surface area contributed by atoms with E-state index in [2.05, 4.69) is 20.8 Å². The minimum Gasteiger partial charge on any atom is -0.394 e. The fourth-order valence-electron chi connectivity index (χ4n) is 1.99. The molecular formula is C12H24O5. The molecule has 0 spiro atoms. The summed E-state index contributed by atoms with van der Waals surface area (Å²) in [6, 6.07) is 0. The van der Waals surface area contributed by atoms with Gasteiger partial charge >= 0.3 is 0 Å². The summed E-state index contributed by atoms with van der Waals surface area (Å²) in [5.41, 5.74) is 0.110. The Labute approximate surface area is 102 Å². The number of hydrogen-bond donors (Lipinski definition) is 4. The first kappa shape index (κ1) is 14.9. The Balaban J connectivity index is 2.59. The fourth-order valence-corrected chi connectivity index (χ4v) is 1.99. The number of aliphatic hydroxyl groups is 4. The van der Waals surface area contributed by atoms with Crippen molar-refractivity contribution in [3.05, 3.63) is 0 Å². The molecule has 5 heteroatoms. The summed E-state index contributed by atoms with van der Waals surface area (Å²) in [7, 11) is 0. The normalized spacial score (nSPS) is 39.4. The summed E-state index contributed by atoms with van der Waals surface area (Å²) in [6.45, 7) is 5.88. The Morgan fingerprint density at radius 1 is 0.941 bits per heavy atom. The predicted molar refractivity (Wildman–Crippen MR) is 62.5 cm³/mol. The van der Waals surface area contributed by atoms with Gasteiger partial charge in [-0.1, -0.05) is 20.8 Å². The molecule has 1 fully saturated rings. The minimum atomic E-state index is -1.26. The molecule has 1 aliphatic heterocycles. The summed E-state index contributed by atoms with van der Waals surface area (Å²) < 4.78 is 5.42. The quantitative estimate of drug-likeness (QED) is 0.548. The molecule has 0 radical (unpaired) electrons. The summed E-state index contributed by atoms with van der Waals surface area (Å²) in [4.78, 5) is 0. The van der Waals surface area contributed by atoms with Gasteiger partial charge in [0.15, 0.2) is 0 Å². The van der Waals surface area contributed by atoms with E-state index in [9.17, 15) is 15.3 Å². The molecule has 0 bridgehead atoms. The highest BCUT2D eigenvalue weighted by Gasteiger charge is 2.43. The van der Waals surface area contributed by atoms with E-state index in [1.54, 1.807) is 0 Å². The average molecular weight is 248 g/mol. The maximum atomic E-state index is 9.80. The maximum absolute atomic E-state index is 9.80. The first-order valence-electron chi connectivity index (χ1n) is 6.07. The highest BCUT2D eigenvalue weighted by atomic mass is 16.5. The van der Waals surface area contributed by atoms with Crippen LogP contribution in [0.1, 0.15) is 33.6 Å². The second kappa shape index (κ2) is 5.63. The van der Waals surface area contributed by atoms with Gasteiger partial charge < -0.3 is 25.2 Å². The Hall–Kier alpha value is -0.200. The van der Waals surface area contributed by atoms with E-state index in [1.807, 2.05) is 0 Å². The number of aliphatic hydroxyl groups excluding tert-OH is 4. The fraction of sp³-hybridized carbons (Fsp3) is 1.00. The second-order valence-corrected chi connectivity index (χ2v) is 5.97. The molecule has 0 aliphatic carbocycles. The van der Waals surface area contributed by atoms with Crippen molar-refractivity contribution in [3.63, 3.8) is 0 Å². The van der Waals surface area contributed by atoms with Crippen LogP contribution in [0.15, 0.2) is 0 Å². The van der Waals surface area contributed by atoms with E-state index in [0.29, 0.717) is 6.42 Å². The third-order valence-electron chi connectivity index (χ3n) is 3.17. The van der Waals surface area contributed by atoms with E-state index in [4.69, 9.17) is 9.84 Å². The van der Waals surface area contributed by atoms with Gasteiger partial charge in [0.25, 0.3) is 0 Å². The molecular weight excluding hydrogens is 224 g/mol. The largest absolute Gasteiger partial charge is 0.394 e. The van der Waals surface area contributed by atoms with Crippen molar-refractivity contribution < 1.29 is 25.2 Å². The smallest absolute Gasteiger partial charge is 0.111 e. The zero-order valence-corrected chi connectivity index (χ0v) is 10.7. The second-order valence-electron chi connectivity index (χ2n) is 5.97. The van der Waals surface area contributed by atoms with E-state index < -0.39 is 30.5 Å². The Morgan fingerprint density at radius 2 is 1.47 bits per heavy atom. The zero-order chi connectivity index (χ0) is 13.2. The molecule has 0 aromatic heterocycles. The van der Waals surface area contributed by atoms with Crippen molar-refractivity contribution in [1.82, 2.24) is 0 Å². The molecule has 1 saturated heterocycles. The molecule has 17 heavy (non-hydrogen) atoms. The van der Waals surface area contributed by atoms with Gasteiger partial charge in [0, 0.05) is 0 Å². The number of hydrogen-bond acceptors (Lipinski definition) is 5. The molecule has 102 valence electrons. The van der Waals surface area contributed by atoms with Gasteiger partial charge in [0.1, 0.15) is 24.4 Å². The lowest BCUT2D eigenvalue weighted by Crippen LogP contribution is -2.58. The molecule has 1 rings (SSSR count). The van der Waals surface area contributed by atoms with E-state index in [0.717, 1.165) is 6.42 Å². The van der Waals surface area contributed by atoms with Gasteiger partial charge in [-0.15, -0.1) is 0 Å². The van der Waals surface area contributed by atoms with Gasteiger partial charge in [-0.3, -0.25) is 0 Å². The maximum Gasteiger partial charge on any atom is 0.111 e. The van der Waals surface area contributed by atoms with Crippen LogP contribution in [0.25, 0.3) is 0 Å². The van der Waals surface area contributed by atoms with Gasteiger partial charge in [0.05, 0.1) is 12.7 Å². The molecule has 0 aromatic rings. The topological polar surface area (TPSA) is 90.2 Å². The van der Waals surface area contributed by atoms with Crippen LogP contribution >= 0.6 is 0 Å². The van der Waals surface area contributed by atoms with E-state index >= 15 is 0 Å². The molecule has 1 aliphatic rings. The summed E-state index contributed by atoms with van der Waals surface area (Å²) in [5, 5.41) is 38.1. The zero-order valence-electron chi connectivity index (χ0n) is 10.7. The molecule has 1 heterocycles. The molecule has 0 saturated carbocycles. The van der Waals surface area contributed by atoms with Crippen LogP contribution in [-0.2, 0) is 4.74 Å². The Kier molecular flexibility index (Phi) is 4.92. The van der Waals surface area contributed by atoms with Crippen molar-refractivity contribution in [1.29, 1.82) is 0 Å². The summed E-state index contributed by atoms with van der Waals surface area (Å²) >= 11 is 0. The number of ether oxygens (including phenoxy) is 1. The number of rotatable bonds is 3. The van der Waals surface area contributed by atoms with Crippen LogP contribution in [-0.4, -0.2) is 57.6 Å². The van der Waals surface area contributed by atoms with Crippen LogP contribution in [0.4, 0.5) is 0 Å². The molecule has 5 atom stereocenters. The van der Waals surface area contributed by atoms with Crippen LogP contribution in [0.3, 0.4) is 0 Å². The van der Waals surface area contributed by atoms with Crippen molar-refractivity contribution in [2.24, 2.45) is 5.41 Å². The minimum absolute atomic E-state index is 0.110. The van der Waals surface area contributed by atoms with E-state index in [1.165, 1.54) is 0 Å². The predicted octanol–water partition coefficient (Wildman–Crippen LogP) is -0.345. The van der Waals surface area contributed by atoms with Crippen molar-refractivity contribution in [2.45, 2.75) is 64.1 Å². The average Bonchev–Trinajstić information content (AvgIpc) is 2.24. The third-order valence-corrected chi connectivity index (χ3v) is 3.17. The van der Waals surface area contributed by atoms with Gasteiger partial charge in [-0.05, 0) is 18.3 Å². The highest BCUT2D eigenvalue weighted by Crippen LogP contribution is 2.28. The van der Waals surface area contributed by atoms with Crippen LogP contribution in [0.5, 0.6) is 0 Å². The Bertz CT molecular complexity index is 236. The standard InChI is InChI=1S/C12H24O5/c1-12(2,3)5-4-7-9(14)11(16)10(15)8(6-13)17-7/h7-11,13-16H,4-6H2,1-3H3/t7?,8-,9+,10-,11-/m1/s1. The summed E-state index contributed by atoms with van der Waals surface area (Å²) in [6.07, 6.45) is -3.54. The molecule has 0 aromatic carbocycles. The van der Waals surface area contributed by atoms with Crippen molar-refractivity contribution in [2.75, 3.05) is 6.61 Å². The van der Waals surface area contributed by atoms with Crippen LogP contribution < -0.4 is 0 Å². The first-order valence-corrected chi connectivity index (χ1v) is 6.07. The van der Waals surface area contributed by atoms with Gasteiger partial charge in [-0.25, -0.2) is 0 Å². The van der Waals surface area contributed by atoms with E-state index in [-0.39, 0.29) is 12.0 Å². The molecule has 4 N–H and O–H groups in total. The molecule has 5 nitrogen and oxygen atoms in total.